The third-order valence-electron chi connectivity index (χ3n) is 3.07. The van der Waals surface area contributed by atoms with Crippen molar-refractivity contribution in [3.05, 3.63) is 11.3 Å². The van der Waals surface area contributed by atoms with Gasteiger partial charge in [-0.05, 0) is 45.2 Å². The highest BCUT2D eigenvalue weighted by molar-refractivity contribution is 5.30. The molecule has 0 atom stereocenters. The number of aromatic nitrogens is 2. The Kier molecular flexibility index (Phi) is 6.19. The molecular weight excluding hydrogens is 226 g/mol. The van der Waals surface area contributed by atoms with Crippen LogP contribution in [-0.4, -0.2) is 30.0 Å². The largest absolute Gasteiger partial charge is 0.481 e. The summed E-state index contributed by atoms with van der Waals surface area (Å²) in [5, 5.41) is 7.86. The quantitative estimate of drug-likeness (QED) is 0.723. The number of aryl methyl sites for hydroxylation is 2. The maximum atomic E-state index is 5.39. The summed E-state index contributed by atoms with van der Waals surface area (Å²) in [5.41, 5.74) is 2.34. The van der Waals surface area contributed by atoms with Gasteiger partial charge in [-0.1, -0.05) is 13.8 Å². The standard InChI is InChI=1S/C14H27N3O/c1-11(2)10-15-9-7-6-8-13-12(3)16-17(4)14(13)18-5/h11,15H,6-10H2,1-5H3. The number of ether oxygens (including phenoxy) is 1. The summed E-state index contributed by atoms with van der Waals surface area (Å²) in [6, 6.07) is 0. The van der Waals surface area contributed by atoms with E-state index in [0.717, 1.165) is 37.0 Å². The molecule has 0 unspecified atom stereocenters. The molecule has 0 aliphatic rings. The number of nitrogens with one attached hydrogen (secondary N) is 1. The predicted octanol–water partition coefficient (Wildman–Crippen LogP) is 2.31. The molecule has 0 aliphatic carbocycles. The summed E-state index contributed by atoms with van der Waals surface area (Å²) in [6.45, 7) is 8.72. The summed E-state index contributed by atoms with van der Waals surface area (Å²) >= 11 is 0. The third kappa shape index (κ3) is 4.33. The van der Waals surface area contributed by atoms with Crippen LogP contribution in [0.1, 0.15) is 37.9 Å². The van der Waals surface area contributed by atoms with Crippen LogP contribution < -0.4 is 10.1 Å². The molecule has 0 aromatic carbocycles. The summed E-state index contributed by atoms with van der Waals surface area (Å²) in [5.74, 6) is 1.63. The minimum Gasteiger partial charge on any atom is -0.481 e. The van der Waals surface area contributed by atoms with E-state index in [1.165, 1.54) is 18.4 Å². The van der Waals surface area contributed by atoms with Gasteiger partial charge in [-0.3, -0.25) is 0 Å². The van der Waals surface area contributed by atoms with Crippen molar-refractivity contribution >= 4 is 0 Å². The highest BCUT2D eigenvalue weighted by Crippen LogP contribution is 2.22. The van der Waals surface area contributed by atoms with Crippen LogP contribution in [0.25, 0.3) is 0 Å². The first kappa shape index (κ1) is 15.0. The smallest absolute Gasteiger partial charge is 0.214 e. The van der Waals surface area contributed by atoms with Crippen molar-refractivity contribution in [2.45, 2.75) is 40.0 Å². The molecule has 4 heteroatoms. The lowest BCUT2D eigenvalue weighted by molar-refractivity contribution is 0.368. The van der Waals surface area contributed by atoms with Crippen molar-refractivity contribution in [3.63, 3.8) is 0 Å². The number of nitrogens with zero attached hydrogens (tertiary/aromatic N) is 2. The Morgan fingerprint density at radius 2 is 2.06 bits per heavy atom. The van der Waals surface area contributed by atoms with Gasteiger partial charge in [0.2, 0.25) is 5.88 Å². The van der Waals surface area contributed by atoms with Gasteiger partial charge in [0.1, 0.15) is 0 Å². The average molecular weight is 253 g/mol. The van der Waals surface area contributed by atoms with Gasteiger partial charge in [-0.15, -0.1) is 0 Å². The van der Waals surface area contributed by atoms with Crippen molar-refractivity contribution in [2.24, 2.45) is 13.0 Å². The fourth-order valence-electron chi connectivity index (χ4n) is 2.17. The molecule has 1 rings (SSSR count). The Labute approximate surface area is 111 Å². The van der Waals surface area contributed by atoms with E-state index >= 15 is 0 Å². The van der Waals surface area contributed by atoms with Gasteiger partial charge in [0.05, 0.1) is 12.8 Å². The maximum Gasteiger partial charge on any atom is 0.214 e. The van der Waals surface area contributed by atoms with Crippen molar-refractivity contribution < 1.29 is 4.74 Å². The monoisotopic (exact) mass is 253 g/mol. The van der Waals surface area contributed by atoms with E-state index in [9.17, 15) is 0 Å². The Morgan fingerprint density at radius 1 is 1.33 bits per heavy atom. The predicted molar refractivity (Wildman–Crippen MR) is 75.1 cm³/mol. The van der Waals surface area contributed by atoms with Crippen LogP contribution in [0.3, 0.4) is 0 Å². The number of rotatable bonds is 8. The number of unbranched alkanes of at least 4 members (excludes halogenated alkanes) is 1. The topological polar surface area (TPSA) is 39.1 Å². The van der Waals surface area contributed by atoms with Crippen molar-refractivity contribution in [1.29, 1.82) is 0 Å². The van der Waals surface area contributed by atoms with Gasteiger partial charge in [0.15, 0.2) is 0 Å². The first-order valence-electron chi connectivity index (χ1n) is 6.83. The molecule has 0 amide bonds. The van der Waals surface area contributed by atoms with E-state index in [4.69, 9.17) is 4.74 Å². The van der Waals surface area contributed by atoms with Gasteiger partial charge in [0.25, 0.3) is 0 Å². The van der Waals surface area contributed by atoms with Gasteiger partial charge < -0.3 is 10.1 Å². The SMILES string of the molecule is COc1c(CCCCNCC(C)C)c(C)nn1C. The lowest BCUT2D eigenvalue weighted by Gasteiger charge is -2.07. The van der Waals surface area contributed by atoms with E-state index in [1.54, 1.807) is 7.11 Å². The molecule has 0 saturated carbocycles. The molecular formula is C14H27N3O. The lowest BCUT2D eigenvalue weighted by atomic mass is 10.1. The Hall–Kier alpha value is -1.03. The van der Waals surface area contributed by atoms with Gasteiger partial charge >= 0.3 is 0 Å². The molecule has 18 heavy (non-hydrogen) atoms. The first-order chi connectivity index (χ1) is 8.56. The second kappa shape index (κ2) is 7.41. The Balaban J connectivity index is 2.31. The summed E-state index contributed by atoms with van der Waals surface area (Å²) in [4.78, 5) is 0. The van der Waals surface area contributed by atoms with Crippen LogP contribution in [0.4, 0.5) is 0 Å². The van der Waals surface area contributed by atoms with E-state index in [-0.39, 0.29) is 0 Å². The lowest BCUT2D eigenvalue weighted by Crippen LogP contribution is -2.20. The maximum absolute atomic E-state index is 5.39. The van der Waals surface area contributed by atoms with Gasteiger partial charge in [-0.25, -0.2) is 4.68 Å². The number of methoxy groups -OCH3 is 1. The molecule has 0 fully saturated rings. The minimum absolute atomic E-state index is 0.727. The fraction of sp³-hybridized carbons (Fsp3) is 0.786. The van der Waals surface area contributed by atoms with Crippen LogP contribution in [0.5, 0.6) is 5.88 Å². The first-order valence-corrected chi connectivity index (χ1v) is 6.83. The second-order valence-electron chi connectivity index (χ2n) is 5.25. The van der Waals surface area contributed by atoms with E-state index < -0.39 is 0 Å². The van der Waals surface area contributed by atoms with Gasteiger partial charge in [0, 0.05) is 12.6 Å². The number of hydrogen-bond donors (Lipinski definition) is 1. The van der Waals surface area contributed by atoms with Crippen molar-refractivity contribution in [2.75, 3.05) is 20.2 Å². The highest BCUT2D eigenvalue weighted by Gasteiger charge is 2.12. The summed E-state index contributed by atoms with van der Waals surface area (Å²) in [7, 11) is 3.64. The molecule has 1 aromatic heterocycles. The molecule has 0 aliphatic heterocycles. The van der Waals surface area contributed by atoms with Crippen LogP contribution in [0.2, 0.25) is 0 Å². The Bertz CT molecular complexity index is 358. The van der Waals surface area contributed by atoms with Crippen molar-refractivity contribution in [3.8, 4) is 5.88 Å². The van der Waals surface area contributed by atoms with E-state index in [1.807, 2.05) is 11.7 Å². The zero-order valence-electron chi connectivity index (χ0n) is 12.4. The third-order valence-corrected chi connectivity index (χ3v) is 3.07. The summed E-state index contributed by atoms with van der Waals surface area (Å²) in [6.07, 6.45) is 3.42. The molecule has 4 nitrogen and oxygen atoms in total. The van der Waals surface area contributed by atoms with Crippen LogP contribution in [0.15, 0.2) is 0 Å². The molecule has 0 saturated heterocycles. The highest BCUT2D eigenvalue weighted by atomic mass is 16.5. The normalized spacial score (nSPS) is 11.2. The molecule has 0 bridgehead atoms. The van der Waals surface area contributed by atoms with E-state index in [2.05, 4.69) is 31.2 Å². The molecule has 0 spiro atoms. The number of hydrogen-bond acceptors (Lipinski definition) is 3. The molecule has 1 aromatic rings. The van der Waals surface area contributed by atoms with E-state index in [0.29, 0.717) is 0 Å². The fourth-order valence-corrected chi connectivity index (χ4v) is 2.17. The van der Waals surface area contributed by atoms with Crippen molar-refractivity contribution in [1.82, 2.24) is 15.1 Å². The average Bonchev–Trinajstić information content (AvgIpc) is 2.57. The molecule has 1 heterocycles. The molecule has 0 radical (unpaired) electrons. The van der Waals surface area contributed by atoms with Crippen LogP contribution in [-0.2, 0) is 13.5 Å². The minimum atomic E-state index is 0.727. The van der Waals surface area contributed by atoms with Crippen LogP contribution in [0, 0.1) is 12.8 Å². The second-order valence-corrected chi connectivity index (χ2v) is 5.25. The molecule has 1 N–H and O–H groups in total. The van der Waals surface area contributed by atoms with Crippen LogP contribution >= 0.6 is 0 Å². The van der Waals surface area contributed by atoms with Gasteiger partial charge in [-0.2, -0.15) is 5.10 Å². The Morgan fingerprint density at radius 3 is 2.67 bits per heavy atom. The zero-order valence-corrected chi connectivity index (χ0v) is 12.4. The summed E-state index contributed by atoms with van der Waals surface area (Å²) < 4.78 is 7.21. The molecule has 104 valence electrons. The zero-order chi connectivity index (χ0) is 13.5.